The van der Waals surface area contributed by atoms with E-state index in [0.29, 0.717) is 13.0 Å². The minimum absolute atomic E-state index is 0.0406. The standard InChI is InChI=1S/C16H21N3O4S/c1-2-3-9-15(16(20)21)18-24(22,23)14-10-17-19(12-14)11-13-7-5-4-6-8-13/h4-8,10,12,15,18H,2-3,9,11H2,1H3,(H,20,21). The third kappa shape index (κ3) is 4.90. The van der Waals surface area contributed by atoms with E-state index < -0.39 is 22.0 Å². The molecule has 0 amide bonds. The molecule has 0 saturated carbocycles. The second kappa shape index (κ2) is 8.07. The van der Waals surface area contributed by atoms with Crippen LogP contribution in [0.1, 0.15) is 31.7 Å². The highest BCUT2D eigenvalue weighted by atomic mass is 32.2. The lowest BCUT2D eigenvalue weighted by Gasteiger charge is -2.13. The van der Waals surface area contributed by atoms with E-state index in [1.807, 2.05) is 37.3 Å². The van der Waals surface area contributed by atoms with E-state index in [1.165, 1.54) is 17.1 Å². The summed E-state index contributed by atoms with van der Waals surface area (Å²) in [6.45, 7) is 2.36. The van der Waals surface area contributed by atoms with Gasteiger partial charge in [0.05, 0.1) is 12.7 Å². The van der Waals surface area contributed by atoms with Gasteiger partial charge in [0.1, 0.15) is 10.9 Å². The van der Waals surface area contributed by atoms with Crippen molar-refractivity contribution in [2.24, 2.45) is 0 Å². The summed E-state index contributed by atoms with van der Waals surface area (Å²) in [6.07, 6.45) is 4.30. The number of rotatable bonds is 9. The smallest absolute Gasteiger partial charge is 0.321 e. The minimum Gasteiger partial charge on any atom is -0.480 e. The highest BCUT2D eigenvalue weighted by molar-refractivity contribution is 7.89. The molecule has 0 saturated heterocycles. The topological polar surface area (TPSA) is 101 Å². The second-order valence-corrected chi connectivity index (χ2v) is 7.23. The van der Waals surface area contributed by atoms with Gasteiger partial charge in [-0.3, -0.25) is 9.48 Å². The molecule has 2 N–H and O–H groups in total. The molecule has 130 valence electrons. The summed E-state index contributed by atoms with van der Waals surface area (Å²) in [7, 11) is -3.92. The van der Waals surface area contributed by atoms with Gasteiger partial charge in [-0.25, -0.2) is 8.42 Å². The van der Waals surface area contributed by atoms with E-state index in [2.05, 4.69) is 9.82 Å². The first kappa shape index (κ1) is 18.2. The fraction of sp³-hybridized carbons (Fsp3) is 0.375. The van der Waals surface area contributed by atoms with Crippen molar-refractivity contribution in [2.75, 3.05) is 0 Å². The molecule has 0 radical (unpaired) electrons. The normalized spacial score (nSPS) is 12.9. The number of aromatic nitrogens is 2. The fourth-order valence-electron chi connectivity index (χ4n) is 2.24. The second-order valence-electron chi connectivity index (χ2n) is 5.51. The van der Waals surface area contributed by atoms with Crippen LogP contribution in [0, 0.1) is 0 Å². The summed E-state index contributed by atoms with van der Waals surface area (Å²) in [5.41, 5.74) is 0.990. The van der Waals surface area contributed by atoms with Gasteiger partial charge in [0.25, 0.3) is 0 Å². The molecule has 2 aromatic rings. The number of aliphatic carboxylic acids is 1. The number of carbonyl (C=O) groups is 1. The van der Waals surface area contributed by atoms with Gasteiger partial charge in [-0.1, -0.05) is 50.1 Å². The van der Waals surface area contributed by atoms with Gasteiger partial charge < -0.3 is 5.11 Å². The molecule has 1 unspecified atom stereocenters. The molecule has 1 atom stereocenters. The maximum atomic E-state index is 12.3. The third-order valence-electron chi connectivity index (χ3n) is 3.55. The molecule has 8 heteroatoms. The summed E-state index contributed by atoms with van der Waals surface area (Å²) in [5.74, 6) is -1.18. The van der Waals surface area contributed by atoms with Gasteiger partial charge >= 0.3 is 5.97 Å². The average molecular weight is 351 g/mol. The van der Waals surface area contributed by atoms with E-state index in [4.69, 9.17) is 5.11 Å². The van der Waals surface area contributed by atoms with E-state index >= 15 is 0 Å². The van der Waals surface area contributed by atoms with Gasteiger partial charge in [-0.15, -0.1) is 0 Å². The maximum Gasteiger partial charge on any atom is 0.321 e. The van der Waals surface area contributed by atoms with Gasteiger partial charge in [-0.2, -0.15) is 9.82 Å². The van der Waals surface area contributed by atoms with Crippen LogP contribution in [0.5, 0.6) is 0 Å². The SMILES string of the molecule is CCCCC(NS(=O)(=O)c1cnn(Cc2ccccc2)c1)C(=O)O. The number of sulfonamides is 1. The molecule has 2 rings (SSSR count). The predicted molar refractivity (Wildman–Crippen MR) is 89.0 cm³/mol. The van der Waals surface area contributed by atoms with Crippen molar-refractivity contribution in [3.05, 3.63) is 48.3 Å². The number of nitrogens with one attached hydrogen (secondary N) is 1. The Morgan fingerprint density at radius 3 is 2.67 bits per heavy atom. The summed E-state index contributed by atoms with van der Waals surface area (Å²) >= 11 is 0. The lowest BCUT2D eigenvalue weighted by Crippen LogP contribution is -2.40. The van der Waals surface area contributed by atoms with Crippen LogP contribution in [0.25, 0.3) is 0 Å². The zero-order valence-corrected chi connectivity index (χ0v) is 14.2. The van der Waals surface area contributed by atoms with Crippen LogP contribution in [0.3, 0.4) is 0 Å². The lowest BCUT2D eigenvalue weighted by atomic mass is 10.1. The number of nitrogens with zero attached hydrogens (tertiary/aromatic N) is 2. The van der Waals surface area contributed by atoms with Crippen molar-refractivity contribution >= 4 is 16.0 Å². The Labute approximate surface area is 141 Å². The quantitative estimate of drug-likeness (QED) is 0.718. The number of carboxylic acids is 1. The molecule has 7 nitrogen and oxygen atoms in total. The molecule has 0 aliphatic heterocycles. The maximum absolute atomic E-state index is 12.3. The first-order valence-electron chi connectivity index (χ1n) is 7.74. The molecule has 0 fully saturated rings. The molecule has 0 aliphatic rings. The Bertz CT molecular complexity index is 772. The highest BCUT2D eigenvalue weighted by Gasteiger charge is 2.25. The molecule has 1 heterocycles. The fourth-order valence-corrected chi connectivity index (χ4v) is 3.41. The third-order valence-corrected chi connectivity index (χ3v) is 4.98. The first-order chi connectivity index (χ1) is 11.4. The molecule has 0 spiro atoms. The Kier molecular flexibility index (Phi) is 6.10. The van der Waals surface area contributed by atoms with E-state index in [9.17, 15) is 13.2 Å². The van der Waals surface area contributed by atoms with Gasteiger partial charge in [0, 0.05) is 6.20 Å². The molecular weight excluding hydrogens is 330 g/mol. The van der Waals surface area contributed by atoms with E-state index in [1.54, 1.807) is 0 Å². The van der Waals surface area contributed by atoms with Gasteiger partial charge in [0.15, 0.2) is 0 Å². The number of benzene rings is 1. The molecule has 0 aliphatic carbocycles. The average Bonchev–Trinajstić information content (AvgIpc) is 3.01. The summed E-state index contributed by atoms with van der Waals surface area (Å²) in [4.78, 5) is 11.2. The number of carboxylic acid groups (broad SMARTS) is 1. The predicted octanol–water partition coefficient (Wildman–Crippen LogP) is 1.85. The van der Waals surface area contributed by atoms with Gasteiger partial charge in [-0.05, 0) is 12.0 Å². The first-order valence-corrected chi connectivity index (χ1v) is 9.22. The molecule has 0 bridgehead atoms. The number of hydrogen-bond donors (Lipinski definition) is 2. The zero-order valence-electron chi connectivity index (χ0n) is 13.4. The monoisotopic (exact) mass is 351 g/mol. The van der Waals surface area contributed by atoms with Crippen LogP contribution in [-0.4, -0.2) is 35.3 Å². The van der Waals surface area contributed by atoms with Crippen LogP contribution in [0.4, 0.5) is 0 Å². The molecule has 1 aromatic carbocycles. The van der Waals surface area contributed by atoms with Crippen LogP contribution in [0.15, 0.2) is 47.6 Å². The summed E-state index contributed by atoms with van der Waals surface area (Å²) < 4.78 is 28.4. The van der Waals surface area contributed by atoms with Crippen LogP contribution in [0.2, 0.25) is 0 Å². The number of unbranched alkanes of at least 4 members (excludes halogenated alkanes) is 1. The van der Waals surface area contributed by atoms with Crippen LogP contribution < -0.4 is 4.72 Å². The highest BCUT2D eigenvalue weighted by Crippen LogP contribution is 2.12. The summed E-state index contributed by atoms with van der Waals surface area (Å²) in [5, 5.41) is 13.2. The Hall–Kier alpha value is -2.19. The van der Waals surface area contributed by atoms with Crippen molar-refractivity contribution in [1.82, 2.24) is 14.5 Å². The molecule has 1 aromatic heterocycles. The largest absolute Gasteiger partial charge is 0.480 e. The molecular formula is C16H21N3O4S. The van der Waals surface area contributed by atoms with Crippen molar-refractivity contribution in [2.45, 2.75) is 43.7 Å². The Balaban J connectivity index is 2.10. The van der Waals surface area contributed by atoms with E-state index in [0.717, 1.165) is 12.0 Å². The van der Waals surface area contributed by atoms with E-state index in [-0.39, 0.29) is 11.3 Å². The Morgan fingerprint density at radius 1 is 1.33 bits per heavy atom. The minimum atomic E-state index is -3.92. The lowest BCUT2D eigenvalue weighted by molar-refractivity contribution is -0.139. The van der Waals surface area contributed by atoms with Crippen LogP contribution >= 0.6 is 0 Å². The van der Waals surface area contributed by atoms with Crippen molar-refractivity contribution in [3.8, 4) is 0 Å². The molecule has 24 heavy (non-hydrogen) atoms. The van der Waals surface area contributed by atoms with Crippen molar-refractivity contribution in [3.63, 3.8) is 0 Å². The zero-order chi connectivity index (χ0) is 17.6. The van der Waals surface area contributed by atoms with Gasteiger partial charge in [0.2, 0.25) is 10.0 Å². The van der Waals surface area contributed by atoms with Crippen LogP contribution in [-0.2, 0) is 21.4 Å². The van der Waals surface area contributed by atoms with Crippen molar-refractivity contribution < 1.29 is 18.3 Å². The Morgan fingerprint density at radius 2 is 2.04 bits per heavy atom. The number of hydrogen-bond acceptors (Lipinski definition) is 4. The van der Waals surface area contributed by atoms with Crippen molar-refractivity contribution in [1.29, 1.82) is 0 Å². The summed E-state index contributed by atoms with van der Waals surface area (Å²) in [6, 6.07) is 8.38.